The number of hydrogen-bond donors (Lipinski definition) is 1. The monoisotopic (exact) mass is 353 g/mol. The molecule has 3 nitrogen and oxygen atoms in total. The molecular weight excluding hydrogens is 337 g/mol. The molecule has 0 fully saturated rings. The maximum absolute atomic E-state index is 12.9. The maximum atomic E-state index is 12.9. The van der Waals surface area contributed by atoms with E-state index in [1.54, 1.807) is 29.5 Å². The van der Waals surface area contributed by atoms with Crippen LogP contribution in [0.5, 0.6) is 11.5 Å². The van der Waals surface area contributed by atoms with Crippen LogP contribution in [0.3, 0.4) is 0 Å². The lowest BCUT2D eigenvalue weighted by atomic mass is 10.2. The molecule has 0 radical (unpaired) electrons. The molecule has 0 saturated heterocycles. The molecular formula is C20H16FNO2S. The van der Waals surface area contributed by atoms with Crippen molar-refractivity contribution in [3.63, 3.8) is 0 Å². The predicted molar refractivity (Wildman–Crippen MR) is 98.1 cm³/mol. The standard InChI is InChI=1S/C20H16FNO2S/c21-16-6-8-17(9-7-16)24-18-4-1-3-15(13-18)14-22-20(23)11-10-19-5-2-12-25-19/h1-13H,14H2,(H,22,23)/b11-10+. The number of halogens is 1. The van der Waals surface area contributed by atoms with Crippen molar-refractivity contribution in [2.24, 2.45) is 0 Å². The minimum absolute atomic E-state index is 0.154. The summed E-state index contributed by atoms with van der Waals surface area (Å²) in [6.07, 6.45) is 3.30. The van der Waals surface area contributed by atoms with Crippen LogP contribution in [0.25, 0.3) is 6.08 Å². The Morgan fingerprint density at radius 1 is 1.08 bits per heavy atom. The zero-order valence-corrected chi connectivity index (χ0v) is 14.1. The minimum atomic E-state index is -0.306. The molecule has 0 unspecified atom stereocenters. The molecule has 1 heterocycles. The number of amides is 1. The fourth-order valence-corrected chi connectivity index (χ4v) is 2.77. The molecule has 5 heteroatoms. The third kappa shape index (κ3) is 5.29. The highest BCUT2D eigenvalue weighted by atomic mass is 32.1. The highest BCUT2D eigenvalue weighted by molar-refractivity contribution is 7.10. The number of ether oxygens (including phenoxy) is 1. The fraction of sp³-hybridized carbons (Fsp3) is 0.0500. The van der Waals surface area contributed by atoms with Crippen molar-refractivity contribution in [2.45, 2.75) is 6.54 Å². The Kier molecular flexibility index (Phi) is 5.59. The predicted octanol–water partition coefficient (Wildman–Crippen LogP) is 5.01. The molecule has 3 aromatic rings. The van der Waals surface area contributed by atoms with Gasteiger partial charge in [0, 0.05) is 17.5 Å². The Hall–Kier alpha value is -2.92. The van der Waals surface area contributed by atoms with Gasteiger partial charge in [0.2, 0.25) is 5.91 Å². The van der Waals surface area contributed by atoms with E-state index in [-0.39, 0.29) is 11.7 Å². The van der Waals surface area contributed by atoms with E-state index in [2.05, 4.69) is 5.32 Å². The largest absolute Gasteiger partial charge is 0.457 e. The highest BCUT2D eigenvalue weighted by Crippen LogP contribution is 2.22. The van der Waals surface area contributed by atoms with Gasteiger partial charge in [-0.3, -0.25) is 4.79 Å². The molecule has 1 amide bonds. The number of rotatable bonds is 6. The third-order valence-electron chi connectivity index (χ3n) is 3.36. The van der Waals surface area contributed by atoms with Crippen LogP contribution in [0.2, 0.25) is 0 Å². The summed E-state index contributed by atoms with van der Waals surface area (Å²) in [4.78, 5) is 12.9. The molecule has 25 heavy (non-hydrogen) atoms. The van der Waals surface area contributed by atoms with Crippen LogP contribution in [0.1, 0.15) is 10.4 Å². The quantitative estimate of drug-likeness (QED) is 0.633. The fourth-order valence-electron chi connectivity index (χ4n) is 2.15. The molecule has 2 aromatic carbocycles. The number of carbonyl (C=O) groups excluding carboxylic acids is 1. The first kappa shape index (κ1) is 16.9. The molecule has 0 spiro atoms. The van der Waals surface area contributed by atoms with Gasteiger partial charge in [0.1, 0.15) is 17.3 Å². The lowest BCUT2D eigenvalue weighted by Gasteiger charge is -2.08. The van der Waals surface area contributed by atoms with Gasteiger partial charge in [-0.1, -0.05) is 18.2 Å². The molecule has 0 aliphatic heterocycles. The zero-order chi connectivity index (χ0) is 17.5. The lowest BCUT2D eigenvalue weighted by molar-refractivity contribution is -0.116. The van der Waals surface area contributed by atoms with E-state index in [0.29, 0.717) is 18.0 Å². The number of benzene rings is 2. The van der Waals surface area contributed by atoms with Crippen molar-refractivity contribution in [3.8, 4) is 11.5 Å². The van der Waals surface area contributed by atoms with Gasteiger partial charge in [-0.15, -0.1) is 11.3 Å². The molecule has 1 aromatic heterocycles. The first-order chi connectivity index (χ1) is 12.2. The first-order valence-electron chi connectivity index (χ1n) is 7.71. The molecule has 3 rings (SSSR count). The summed E-state index contributed by atoms with van der Waals surface area (Å²) < 4.78 is 18.6. The van der Waals surface area contributed by atoms with Crippen LogP contribution in [0.15, 0.2) is 72.1 Å². The second-order valence-electron chi connectivity index (χ2n) is 5.27. The maximum Gasteiger partial charge on any atom is 0.244 e. The van der Waals surface area contributed by atoms with Gasteiger partial charge in [0.05, 0.1) is 0 Å². The van der Waals surface area contributed by atoms with Gasteiger partial charge in [0.25, 0.3) is 0 Å². The van der Waals surface area contributed by atoms with E-state index in [4.69, 9.17) is 4.74 Å². The second kappa shape index (κ2) is 8.26. The van der Waals surface area contributed by atoms with Crippen LogP contribution >= 0.6 is 11.3 Å². The smallest absolute Gasteiger partial charge is 0.244 e. The van der Waals surface area contributed by atoms with Crippen molar-refractivity contribution in [2.75, 3.05) is 0 Å². The van der Waals surface area contributed by atoms with E-state index in [9.17, 15) is 9.18 Å². The van der Waals surface area contributed by atoms with Crippen LogP contribution in [0.4, 0.5) is 4.39 Å². The van der Waals surface area contributed by atoms with E-state index in [1.807, 2.05) is 41.8 Å². The summed E-state index contributed by atoms with van der Waals surface area (Å²) in [5.41, 5.74) is 0.914. The SMILES string of the molecule is O=C(/C=C/c1cccs1)NCc1cccc(Oc2ccc(F)cc2)c1. The Balaban J connectivity index is 1.56. The average molecular weight is 353 g/mol. The van der Waals surface area contributed by atoms with E-state index < -0.39 is 0 Å². The lowest BCUT2D eigenvalue weighted by Crippen LogP contribution is -2.20. The summed E-state index contributed by atoms with van der Waals surface area (Å²) in [6, 6.07) is 17.1. The molecule has 126 valence electrons. The van der Waals surface area contributed by atoms with Gasteiger partial charge in [-0.05, 0) is 59.5 Å². The molecule has 0 bridgehead atoms. The molecule has 0 saturated carbocycles. The van der Waals surface area contributed by atoms with Gasteiger partial charge < -0.3 is 10.1 Å². The summed E-state index contributed by atoms with van der Waals surface area (Å²) in [5, 5.41) is 4.80. The van der Waals surface area contributed by atoms with Crippen molar-refractivity contribution >= 4 is 23.3 Å². The normalized spacial score (nSPS) is 10.8. The van der Waals surface area contributed by atoms with Crippen molar-refractivity contribution in [3.05, 3.63) is 88.4 Å². The Morgan fingerprint density at radius 3 is 2.68 bits per heavy atom. The number of carbonyl (C=O) groups is 1. The summed E-state index contributed by atoms with van der Waals surface area (Å²) in [6.45, 7) is 0.397. The number of nitrogens with one attached hydrogen (secondary N) is 1. The van der Waals surface area contributed by atoms with Crippen molar-refractivity contribution < 1.29 is 13.9 Å². The van der Waals surface area contributed by atoms with Crippen molar-refractivity contribution in [1.29, 1.82) is 0 Å². The van der Waals surface area contributed by atoms with Gasteiger partial charge >= 0.3 is 0 Å². The van der Waals surface area contributed by atoms with Gasteiger partial charge in [-0.25, -0.2) is 4.39 Å². The van der Waals surface area contributed by atoms with Crippen LogP contribution < -0.4 is 10.1 Å². The Morgan fingerprint density at radius 2 is 1.92 bits per heavy atom. The zero-order valence-electron chi connectivity index (χ0n) is 13.3. The number of thiophene rings is 1. The third-order valence-corrected chi connectivity index (χ3v) is 4.19. The number of hydrogen-bond acceptors (Lipinski definition) is 3. The Bertz CT molecular complexity index is 858. The van der Waals surface area contributed by atoms with Crippen molar-refractivity contribution in [1.82, 2.24) is 5.32 Å². The van der Waals surface area contributed by atoms with E-state index in [0.717, 1.165) is 10.4 Å². The first-order valence-corrected chi connectivity index (χ1v) is 8.59. The summed E-state index contributed by atoms with van der Waals surface area (Å²) in [7, 11) is 0. The molecule has 0 aliphatic carbocycles. The molecule has 1 N–H and O–H groups in total. The average Bonchev–Trinajstić information content (AvgIpc) is 3.14. The summed E-state index contributed by atoms with van der Waals surface area (Å²) in [5.74, 6) is 0.728. The highest BCUT2D eigenvalue weighted by Gasteiger charge is 2.01. The second-order valence-corrected chi connectivity index (χ2v) is 6.25. The molecule has 0 aliphatic rings. The molecule has 0 atom stereocenters. The minimum Gasteiger partial charge on any atom is -0.457 e. The van der Waals surface area contributed by atoms with Crippen LogP contribution in [-0.4, -0.2) is 5.91 Å². The van der Waals surface area contributed by atoms with Gasteiger partial charge in [0.15, 0.2) is 0 Å². The summed E-state index contributed by atoms with van der Waals surface area (Å²) >= 11 is 1.58. The Labute approximate surface area is 149 Å². The van der Waals surface area contributed by atoms with E-state index >= 15 is 0 Å². The van der Waals surface area contributed by atoms with Crippen LogP contribution in [0, 0.1) is 5.82 Å². The van der Waals surface area contributed by atoms with Crippen LogP contribution in [-0.2, 0) is 11.3 Å². The topological polar surface area (TPSA) is 38.3 Å². The van der Waals surface area contributed by atoms with Gasteiger partial charge in [-0.2, -0.15) is 0 Å². The van der Waals surface area contributed by atoms with E-state index in [1.165, 1.54) is 18.2 Å².